The Morgan fingerprint density at radius 2 is 1.57 bits per heavy atom. The first-order valence-corrected chi connectivity index (χ1v) is 8.93. The van der Waals surface area contributed by atoms with Gasteiger partial charge in [-0.2, -0.15) is 0 Å². The van der Waals surface area contributed by atoms with Crippen LogP contribution in [0.2, 0.25) is 0 Å². The molecule has 23 heavy (non-hydrogen) atoms. The highest BCUT2D eigenvalue weighted by molar-refractivity contribution is 5.72. The Labute approximate surface area is 138 Å². The monoisotopic (exact) mass is 316 g/mol. The Morgan fingerprint density at radius 1 is 1.00 bits per heavy atom. The molecule has 2 heterocycles. The zero-order valence-electron chi connectivity index (χ0n) is 13.7. The van der Waals surface area contributed by atoms with E-state index >= 15 is 0 Å². The lowest BCUT2D eigenvalue weighted by Crippen LogP contribution is -2.62. The van der Waals surface area contributed by atoms with Crippen molar-refractivity contribution < 1.29 is 18.8 Å². The SMILES string of the molecule is O=C(Cc1ccccc1)[N+](CC1CO1)(CC1CO1)C1CCCC1. The van der Waals surface area contributed by atoms with Gasteiger partial charge >= 0.3 is 5.91 Å². The summed E-state index contributed by atoms with van der Waals surface area (Å²) >= 11 is 0. The molecule has 4 heteroatoms. The van der Waals surface area contributed by atoms with Crippen molar-refractivity contribution in [1.29, 1.82) is 0 Å². The van der Waals surface area contributed by atoms with Crippen LogP contribution in [0.1, 0.15) is 31.2 Å². The summed E-state index contributed by atoms with van der Waals surface area (Å²) in [5.74, 6) is 0.356. The van der Waals surface area contributed by atoms with E-state index in [1.807, 2.05) is 18.2 Å². The largest absolute Gasteiger partial charge is 0.367 e. The maximum absolute atomic E-state index is 13.4. The molecule has 1 aromatic rings. The molecule has 0 aromatic heterocycles. The van der Waals surface area contributed by atoms with Crippen LogP contribution >= 0.6 is 0 Å². The molecule has 0 radical (unpaired) electrons. The number of hydrogen-bond acceptors (Lipinski definition) is 3. The van der Waals surface area contributed by atoms with Gasteiger partial charge in [-0.05, 0) is 31.2 Å². The highest BCUT2D eigenvalue weighted by Crippen LogP contribution is 2.35. The van der Waals surface area contributed by atoms with Crippen molar-refractivity contribution >= 4 is 5.91 Å². The lowest BCUT2D eigenvalue weighted by Gasteiger charge is -2.40. The minimum absolute atomic E-state index is 0.272. The molecule has 1 aliphatic carbocycles. The van der Waals surface area contributed by atoms with Crippen LogP contribution in [0, 0.1) is 0 Å². The molecule has 3 fully saturated rings. The van der Waals surface area contributed by atoms with Crippen LogP contribution in [0.4, 0.5) is 0 Å². The van der Waals surface area contributed by atoms with Crippen LogP contribution in [0.15, 0.2) is 30.3 Å². The van der Waals surface area contributed by atoms with E-state index in [0.717, 1.165) is 31.9 Å². The van der Waals surface area contributed by atoms with Gasteiger partial charge in [0.2, 0.25) is 0 Å². The van der Waals surface area contributed by atoms with Gasteiger partial charge in [0.05, 0.1) is 25.7 Å². The van der Waals surface area contributed by atoms with Crippen molar-refractivity contribution in [2.45, 2.75) is 50.4 Å². The molecular formula is C19H26NO3+. The number of nitrogens with zero attached hydrogens (tertiary/aromatic N) is 1. The number of hydrogen-bond donors (Lipinski definition) is 0. The van der Waals surface area contributed by atoms with Gasteiger partial charge in [-0.25, -0.2) is 4.79 Å². The predicted octanol–water partition coefficient (Wildman–Crippen LogP) is 2.31. The third-order valence-electron chi connectivity index (χ3n) is 5.58. The van der Waals surface area contributed by atoms with Gasteiger partial charge in [0.25, 0.3) is 0 Å². The fourth-order valence-electron chi connectivity index (χ4n) is 4.18. The Kier molecular flexibility index (Phi) is 4.22. The van der Waals surface area contributed by atoms with E-state index in [-0.39, 0.29) is 12.2 Å². The maximum Gasteiger partial charge on any atom is 0.318 e. The number of epoxide rings is 2. The second-order valence-electron chi connectivity index (χ2n) is 7.30. The molecule has 4 nitrogen and oxygen atoms in total. The van der Waals surface area contributed by atoms with Gasteiger partial charge in [0.15, 0.2) is 0 Å². The van der Waals surface area contributed by atoms with Gasteiger partial charge in [0.1, 0.15) is 25.3 Å². The second kappa shape index (κ2) is 6.34. The van der Waals surface area contributed by atoms with Gasteiger partial charge in [0, 0.05) is 0 Å². The summed E-state index contributed by atoms with van der Waals surface area (Å²) in [4.78, 5) is 13.4. The zero-order chi connectivity index (χ0) is 15.7. The van der Waals surface area contributed by atoms with E-state index in [1.54, 1.807) is 0 Å². The first-order chi connectivity index (χ1) is 11.3. The van der Waals surface area contributed by atoms with Crippen molar-refractivity contribution in [3.05, 3.63) is 35.9 Å². The van der Waals surface area contributed by atoms with Gasteiger partial charge in [-0.15, -0.1) is 0 Å². The molecule has 1 aromatic carbocycles. The average molecular weight is 316 g/mol. The molecule has 4 rings (SSSR count). The van der Waals surface area contributed by atoms with E-state index in [1.165, 1.54) is 25.7 Å². The summed E-state index contributed by atoms with van der Waals surface area (Å²) in [7, 11) is 0. The molecule has 2 aliphatic heterocycles. The average Bonchev–Trinajstić information content (AvgIpc) is 3.49. The molecule has 0 spiro atoms. The zero-order valence-corrected chi connectivity index (χ0v) is 13.7. The molecule has 2 atom stereocenters. The normalized spacial score (nSPS) is 29.2. The van der Waals surface area contributed by atoms with E-state index in [9.17, 15) is 4.79 Å². The standard InChI is InChI=1S/C19H26NO3/c21-19(10-15-6-2-1-3-7-15)20(11-17-13-22-17,12-18-14-23-18)16-8-4-5-9-16/h1-3,6-7,16-18H,4-5,8-14H2/q+1. The maximum atomic E-state index is 13.4. The summed E-state index contributed by atoms with van der Waals surface area (Å²) in [5.41, 5.74) is 1.12. The van der Waals surface area contributed by atoms with Gasteiger partial charge in [-0.3, -0.25) is 4.48 Å². The Hall–Kier alpha value is -1.23. The van der Waals surface area contributed by atoms with Crippen LogP contribution in [-0.4, -0.2) is 54.9 Å². The van der Waals surface area contributed by atoms with Crippen molar-refractivity contribution in [3.8, 4) is 0 Å². The number of carbonyl (C=O) groups is 1. The van der Waals surface area contributed by atoms with Crippen molar-refractivity contribution in [3.63, 3.8) is 0 Å². The lowest BCUT2D eigenvalue weighted by molar-refractivity contribution is -0.880. The molecule has 1 saturated carbocycles. The van der Waals surface area contributed by atoms with E-state index < -0.39 is 0 Å². The van der Waals surface area contributed by atoms with Crippen LogP contribution in [-0.2, 0) is 20.7 Å². The van der Waals surface area contributed by atoms with Crippen molar-refractivity contribution in [1.82, 2.24) is 0 Å². The molecule has 0 bridgehead atoms. The van der Waals surface area contributed by atoms with Crippen molar-refractivity contribution in [2.24, 2.45) is 0 Å². The second-order valence-corrected chi connectivity index (χ2v) is 7.30. The molecule has 3 aliphatic rings. The Morgan fingerprint density at radius 3 is 2.09 bits per heavy atom. The quantitative estimate of drug-likeness (QED) is 0.573. The fourth-order valence-corrected chi connectivity index (χ4v) is 4.18. The molecule has 0 N–H and O–H groups in total. The number of quaternary nitrogens is 1. The van der Waals surface area contributed by atoms with Crippen LogP contribution in [0.25, 0.3) is 0 Å². The summed E-state index contributed by atoms with van der Waals surface area (Å²) in [6, 6.07) is 10.6. The Bertz CT molecular complexity index is 531. The fraction of sp³-hybridized carbons (Fsp3) is 0.632. The van der Waals surface area contributed by atoms with Crippen LogP contribution in [0.3, 0.4) is 0 Å². The van der Waals surface area contributed by atoms with Crippen LogP contribution < -0.4 is 0 Å². The molecule has 2 unspecified atom stereocenters. The van der Waals surface area contributed by atoms with E-state index in [2.05, 4.69) is 12.1 Å². The lowest BCUT2D eigenvalue weighted by atomic mass is 10.0. The Balaban J connectivity index is 1.59. The topological polar surface area (TPSA) is 42.1 Å². The first kappa shape index (κ1) is 15.3. The summed E-state index contributed by atoms with van der Waals surface area (Å²) in [6.07, 6.45) is 5.90. The number of carbonyl (C=O) groups excluding carboxylic acids is 1. The first-order valence-electron chi connectivity index (χ1n) is 8.93. The summed E-state index contributed by atoms with van der Waals surface area (Å²) in [6.45, 7) is 3.32. The number of amides is 1. The highest BCUT2D eigenvalue weighted by Gasteiger charge is 2.51. The minimum Gasteiger partial charge on any atom is -0.367 e. The summed E-state index contributed by atoms with van der Waals surface area (Å²) in [5, 5.41) is 0. The number of rotatable bonds is 7. The molecular weight excluding hydrogens is 290 g/mol. The van der Waals surface area contributed by atoms with E-state index in [0.29, 0.717) is 22.9 Å². The van der Waals surface area contributed by atoms with Gasteiger partial charge < -0.3 is 9.47 Å². The molecule has 1 amide bonds. The predicted molar refractivity (Wildman–Crippen MR) is 86.9 cm³/mol. The molecule has 2 saturated heterocycles. The van der Waals surface area contributed by atoms with E-state index in [4.69, 9.17) is 9.47 Å². The summed E-state index contributed by atoms with van der Waals surface area (Å²) < 4.78 is 11.6. The smallest absolute Gasteiger partial charge is 0.318 e. The third kappa shape index (κ3) is 3.49. The molecule has 124 valence electrons. The van der Waals surface area contributed by atoms with Crippen LogP contribution in [0.5, 0.6) is 0 Å². The number of benzene rings is 1. The van der Waals surface area contributed by atoms with Gasteiger partial charge in [-0.1, -0.05) is 30.3 Å². The highest BCUT2D eigenvalue weighted by atomic mass is 16.6. The minimum atomic E-state index is 0.272. The number of ether oxygens (including phenoxy) is 2. The van der Waals surface area contributed by atoms with Crippen molar-refractivity contribution in [2.75, 3.05) is 26.3 Å². The third-order valence-corrected chi connectivity index (χ3v) is 5.58.